The number of hydrogen-bond donors (Lipinski definition) is 1. The Hall–Kier alpha value is -1.26. The minimum atomic E-state index is -0.562. The summed E-state index contributed by atoms with van der Waals surface area (Å²) in [5.41, 5.74) is 2.97. The molecule has 1 aromatic carbocycles. The van der Waals surface area contributed by atoms with Crippen molar-refractivity contribution in [3.8, 4) is 5.75 Å². The van der Waals surface area contributed by atoms with Crippen LogP contribution in [0.1, 0.15) is 34.3 Å². The molecule has 0 saturated carbocycles. The summed E-state index contributed by atoms with van der Waals surface area (Å²) >= 11 is 3.46. The number of ether oxygens (including phenoxy) is 1. The van der Waals surface area contributed by atoms with Gasteiger partial charge in [0.05, 0.1) is 17.7 Å². The van der Waals surface area contributed by atoms with E-state index in [0.717, 1.165) is 38.4 Å². The average molecular weight is 339 g/mol. The molecule has 0 aliphatic rings. The van der Waals surface area contributed by atoms with Gasteiger partial charge in [-0.3, -0.25) is 0 Å². The average Bonchev–Trinajstić information content (AvgIpc) is 2.63. The van der Waals surface area contributed by atoms with Gasteiger partial charge in [-0.2, -0.15) is 0 Å². The van der Waals surface area contributed by atoms with E-state index < -0.39 is 6.10 Å². The Morgan fingerprint density at radius 3 is 2.45 bits per heavy atom. The molecule has 1 aromatic heterocycles. The van der Waals surface area contributed by atoms with Gasteiger partial charge in [0, 0.05) is 12.0 Å². The van der Waals surface area contributed by atoms with E-state index in [-0.39, 0.29) is 0 Å². The highest BCUT2D eigenvalue weighted by molar-refractivity contribution is 9.10. The van der Waals surface area contributed by atoms with E-state index in [0.29, 0.717) is 6.42 Å². The molecule has 0 saturated heterocycles. The molecule has 0 radical (unpaired) electrons. The highest BCUT2D eigenvalue weighted by Crippen LogP contribution is 2.31. The van der Waals surface area contributed by atoms with E-state index in [9.17, 15) is 5.11 Å². The number of rotatable bonds is 4. The van der Waals surface area contributed by atoms with Crippen molar-refractivity contribution in [2.45, 2.75) is 33.3 Å². The Labute approximate surface area is 127 Å². The molecule has 1 N–H and O–H groups in total. The number of furan rings is 1. The molecule has 0 amide bonds. The number of methoxy groups -OCH3 is 1. The summed E-state index contributed by atoms with van der Waals surface area (Å²) in [4.78, 5) is 0. The van der Waals surface area contributed by atoms with Gasteiger partial charge < -0.3 is 14.3 Å². The Bertz CT molecular complexity index is 616. The van der Waals surface area contributed by atoms with E-state index in [1.54, 1.807) is 7.11 Å². The van der Waals surface area contributed by atoms with Gasteiger partial charge in [-0.25, -0.2) is 0 Å². The zero-order valence-corrected chi connectivity index (χ0v) is 13.7. The molecule has 3 nitrogen and oxygen atoms in total. The number of aryl methyl sites for hydroxylation is 2. The molecule has 2 aromatic rings. The Kier molecular flexibility index (Phi) is 4.55. The van der Waals surface area contributed by atoms with Crippen molar-refractivity contribution < 1.29 is 14.3 Å². The van der Waals surface area contributed by atoms with Gasteiger partial charge >= 0.3 is 0 Å². The molecule has 108 valence electrons. The second kappa shape index (κ2) is 6.02. The minimum Gasteiger partial charge on any atom is -0.496 e. The molecule has 0 aliphatic heterocycles. The number of aliphatic hydroxyl groups is 1. The van der Waals surface area contributed by atoms with Crippen molar-refractivity contribution in [2.75, 3.05) is 7.11 Å². The maximum Gasteiger partial charge on any atom is 0.133 e. The molecule has 0 aliphatic carbocycles. The normalized spacial score (nSPS) is 12.5. The van der Waals surface area contributed by atoms with Crippen LogP contribution in [0.15, 0.2) is 27.1 Å². The van der Waals surface area contributed by atoms with E-state index in [1.807, 2.05) is 39.0 Å². The maximum atomic E-state index is 10.5. The van der Waals surface area contributed by atoms with E-state index in [1.165, 1.54) is 0 Å². The monoisotopic (exact) mass is 338 g/mol. The van der Waals surface area contributed by atoms with Crippen LogP contribution in [0.25, 0.3) is 0 Å². The molecular formula is C16H19BrO3. The fourth-order valence-electron chi connectivity index (χ4n) is 2.46. The summed E-state index contributed by atoms with van der Waals surface area (Å²) < 4.78 is 11.7. The van der Waals surface area contributed by atoms with Crippen molar-refractivity contribution >= 4 is 15.9 Å². The molecule has 20 heavy (non-hydrogen) atoms. The second-order valence-corrected chi connectivity index (χ2v) is 5.80. The molecule has 4 heteroatoms. The first-order chi connectivity index (χ1) is 9.43. The zero-order valence-electron chi connectivity index (χ0n) is 12.2. The number of hydrogen-bond acceptors (Lipinski definition) is 3. The zero-order chi connectivity index (χ0) is 14.9. The molecule has 0 bridgehead atoms. The number of benzene rings is 1. The van der Waals surface area contributed by atoms with Crippen LogP contribution < -0.4 is 4.74 Å². The van der Waals surface area contributed by atoms with Crippen molar-refractivity contribution in [2.24, 2.45) is 0 Å². The lowest BCUT2D eigenvalue weighted by atomic mass is 9.98. The first-order valence-corrected chi connectivity index (χ1v) is 7.30. The lowest BCUT2D eigenvalue weighted by molar-refractivity contribution is 0.176. The van der Waals surface area contributed by atoms with Crippen LogP contribution in [-0.4, -0.2) is 12.2 Å². The van der Waals surface area contributed by atoms with Crippen LogP contribution in [0.5, 0.6) is 5.75 Å². The van der Waals surface area contributed by atoms with Gasteiger partial charge in [-0.1, -0.05) is 6.07 Å². The fraction of sp³-hybridized carbons (Fsp3) is 0.375. The van der Waals surface area contributed by atoms with E-state index >= 15 is 0 Å². The molecular weight excluding hydrogens is 320 g/mol. The largest absolute Gasteiger partial charge is 0.496 e. The van der Waals surface area contributed by atoms with Gasteiger partial charge in [0.25, 0.3) is 0 Å². The van der Waals surface area contributed by atoms with E-state index in [2.05, 4.69) is 15.9 Å². The van der Waals surface area contributed by atoms with Crippen molar-refractivity contribution in [1.82, 2.24) is 0 Å². The minimum absolute atomic E-state index is 0.545. The summed E-state index contributed by atoms with van der Waals surface area (Å²) in [6.07, 6.45) is -0.0174. The Balaban J connectivity index is 2.23. The Morgan fingerprint density at radius 2 is 1.95 bits per heavy atom. The molecule has 0 fully saturated rings. The Morgan fingerprint density at radius 1 is 1.25 bits per heavy atom. The first-order valence-electron chi connectivity index (χ1n) is 6.51. The standard InChI is InChI=1S/C16H19BrO3/c1-9-10(2)20-11(3)16(9)14(18)8-12-5-6-15(19-4)13(17)7-12/h5-7,14,18H,8H2,1-4H3. The summed E-state index contributed by atoms with van der Waals surface area (Å²) in [6.45, 7) is 5.79. The summed E-state index contributed by atoms with van der Waals surface area (Å²) in [5.74, 6) is 2.45. The summed E-state index contributed by atoms with van der Waals surface area (Å²) in [7, 11) is 1.63. The third-order valence-electron chi connectivity index (χ3n) is 3.60. The molecule has 1 unspecified atom stereocenters. The van der Waals surface area contributed by atoms with E-state index in [4.69, 9.17) is 9.15 Å². The van der Waals surface area contributed by atoms with Crippen LogP contribution in [-0.2, 0) is 6.42 Å². The topological polar surface area (TPSA) is 42.6 Å². The lowest BCUT2D eigenvalue weighted by Gasteiger charge is -2.12. The second-order valence-electron chi connectivity index (χ2n) is 4.94. The first kappa shape index (κ1) is 15.1. The molecule has 1 atom stereocenters. The van der Waals surface area contributed by atoms with Crippen LogP contribution in [0.2, 0.25) is 0 Å². The van der Waals surface area contributed by atoms with Crippen LogP contribution >= 0.6 is 15.9 Å². The van der Waals surface area contributed by atoms with Gasteiger partial charge in [-0.15, -0.1) is 0 Å². The van der Waals surface area contributed by atoms with Crippen molar-refractivity contribution in [1.29, 1.82) is 0 Å². The third-order valence-corrected chi connectivity index (χ3v) is 4.22. The summed E-state index contributed by atoms with van der Waals surface area (Å²) in [5, 5.41) is 10.5. The third kappa shape index (κ3) is 2.91. The van der Waals surface area contributed by atoms with Gasteiger partial charge in [0.1, 0.15) is 17.3 Å². The molecule has 1 heterocycles. The van der Waals surface area contributed by atoms with Crippen LogP contribution in [0.4, 0.5) is 0 Å². The van der Waals surface area contributed by atoms with Gasteiger partial charge in [-0.05, 0) is 60.0 Å². The van der Waals surface area contributed by atoms with Gasteiger partial charge in [0.2, 0.25) is 0 Å². The van der Waals surface area contributed by atoms with Gasteiger partial charge in [0.15, 0.2) is 0 Å². The molecule has 0 spiro atoms. The highest BCUT2D eigenvalue weighted by atomic mass is 79.9. The predicted octanol–water partition coefficient (Wildman–Crippen LogP) is 4.25. The summed E-state index contributed by atoms with van der Waals surface area (Å²) in [6, 6.07) is 5.83. The quantitative estimate of drug-likeness (QED) is 0.905. The predicted molar refractivity (Wildman–Crippen MR) is 82.3 cm³/mol. The maximum absolute atomic E-state index is 10.5. The molecule has 2 rings (SSSR count). The highest BCUT2D eigenvalue weighted by Gasteiger charge is 2.19. The SMILES string of the molecule is COc1ccc(CC(O)c2c(C)oc(C)c2C)cc1Br. The van der Waals surface area contributed by atoms with Crippen LogP contribution in [0.3, 0.4) is 0 Å². The lowest BCUT2D eigenvalue weighted by Crippen LogP contribution is -2.04. The van der Waals surface area contributed by atoms with Crippen molar-refractivity contribution in [3.63, 3.8) is 0 Å². The van der Waals surface area contributed by atoms with Crippen molar-refractivity contribution in [3.05, 3.63) is 50.9 Å². The number of halogens is 1. The smallest absolute Gasteiger partial charge is 0.133 e. The number of aliphatic hydroxyl groups excluding tert-OH is 1. The van der Waals surface area contributed by atoms with Crippen LogP contribution in [0, 0.1) is 20.8 Å². The fourth-order valence-corrected chi connectivity index (χ4v) is 3.05.